The molecule has 0 unspecified atom stereocenters. The summed E-state index contributed by atoms with van der Waals surface area (Å²) < 4.78 is 0. The fraction of sp³-hybridized carbons (Fsp3) is 0.200. The van der Waals surface area contributed by atoms with Crippen LogP contribution in [-0.2, 0) is 5.75 Å². The normalized spacial score (nSPS) is 10.4. The van der Waals surface area contributed by atoms with Gasteiger partial charge in [0, 0.05) is 29.4 Å². The zero-order valence-corrected chi connectivity index (χ0v) is 8.75. The third kappa shape index (κ3) is 1.65. The summed E-state index contributed by atoms with van der Waals surface area (Å²) in [5.74, 6) is 1.52. The number of imidazole rings is 1. The molecule has 14 heavy (non-hydrogen) atoms. The molecule has 0 saturated carbocycles. The Labute approximate surface area is 88.0 Å². The minimum absolute atomic E-state index is 0.626. The molecule has 0 fully saturated rings. The van der Waals surface area contributed by atoms with Crippen LogP contribution >= 0.6 is 12.6 Å². The zero-order valence-electron chi connectivity index (χ0n) is 7.86. The predicted octanol–water partition coefficient (Wildman–Crippen LogP) is 2.21. The van der Waals surface area contributed by atoms with Crippen LogP contribution in [0.1, 0.15) is 11.5 Å². The van der Waals surface area contributed by atoms with Crippen molar-refractivity contribution in [3.05, 3.63) is 36.0 Å². The van der Waals surface area contributed by atoms with Crippen LogP contribution in [0.3, 0.4) is 0 Å². The van der Waals surface area contributed by atoms with Crippen LogP contribution in [-0.4, -0.2) is 15.0 Å². The van der Waals surface area contributed by atoms with E-state index in [4.69, 9.17) is 0 Å². The lowest BCUT2D eigenvalue weighted by Crippen LogP contribution is -1.82. The quantitative estimate of drug-likeness (QED) is 0.738. The second kappa shape index (κ2) is 3.84. The highest BCUT2D eigenvalue weighted by Crippen LogP contribution is 2.20. The Balaban J connectivity index is 2.46. The molecule has 3 nitrogen and oxygen atoms in total. The van der Waals surface area contributed by atoms with Crippen LogP contribution in [0.2, 0.25) is 0 Å². The predicted molar refractivity (Wildman–Crippen MR) is 59.2 cm³/mol. The van der Waals surface area contributed by atoms with Gasteiger partial charge in [-0.05, 0) is 19.1 Å². The molecule has 2 aromatic heterocycles. The lowest BCUT2D eigenvalue weighted by atomic mass is 10.2. The van der Waals surface area contributed by atoms with Crippen molar-refractivity contribution in [3.8, 4) is 11.3 Å². The molecule has 4 heteroatoms. The monoisotopic (exact) mass is 205 g/mol. The number of H-pyrrole nitrogens is 1. The molecule has 0 aliphatic heterocycles. The fourth-order valence-corrected chi connectivity index (χ4v) is 1.53. The Hall–Kier alpha value is -1.29. The lowest BCUT2D eigenvalue weighted by molar-refractivity contribution is 1.11. The summed E-state index contributed by atoms with van der Waals surface area (Å²) >= 11 is 4.17. The lowest BCUT2D eigenvalue weighted by Gasteiger charge is -1.95. The molecule has 2 rings (SSSR count). The minimum Gasteiger partial charge on any atom is -0.345 e. The number of aromatic nitrogens is 3. The molecule has 0 aromatic carbocycles. The summed E-state index contributed by atoms with van der Waals surface area (Å²) in [6.07, 6.45) is 3.57. The van der Waals surface area contributed by atoms with Gasteiger partial charge in [-0.3, -0.25) is 4.98 Å². The van der Waals surface area contributed by atoms with Crippen molar-refractivity contribution < 1.29 is 0 Å². The molecule has 0 bridgehead atoms. The van der Waals surface area contributed by atoms with Gasteiger partial charge in [-0.2, -0.15) is 12.6 Å². The Bertz CT molecular complexity index is 422. The summed E-state index contributed by atoms with van der Waals surface area (Å²) in [6, 6.07) is 3.91. The average molecular weight is 205 g/mol. The summed E-state index contributed by atoms with van der Waals surface area (Å²) in [4.78, 5) is 11.7. The molecule has 0 radical (unpaired) electrons. The van der Waals surface area contributed by atoms with E-state index in [1.807, 2.05) is 25.3 Å². The molecular weight excluding hydrogens is 194 g/mol. The highest BCUT2D eigenvalue weighted by atomic mass is 32.1. The fourth-order valence-electron chi connectivity index (χ4n) is 1.38. The SMILES string of the molecule is Cc1[nH]c(CS)nc1-c1cccnc1. The van der Waals surface area contributed by atoms with Gasteiger partial charge in [0.1, 0.15) is 5.82 Å². The third-order valence-electron chi connectivity index (χ3n) is 2.02. The molecule has 0 amide bonds. The van der Waals surface area contributed by atoms with Crippen LogP contribution in [0.25, 0.3) is 11.3 Å². The van der Waals surface area contributed by atoms with E-state index >= 15 is 0 Å². The Morgan fingerprint density at radius 1 is 1.50 bits per heavy atom. The maximum atomic E-state index is 4.43. The molecule has 0 spiro atoms. The average Bonchev–Trinajstić information content (AvgIpc) is 2.61. The Kier molecular flexibility index (Phi) is 2.54. The molecule has 2 aromatic rings. The third-order valence-corrected chi connectivity index (χ3v) is 2.32. The van der Waals surface area contributed by atoms with E-state index in [-0.39, 0.29) is 0 Å². The van der Waals surface area contributed by atoms with Crippen molar-refractivity contribution in [2.75, 3.05) is 0 Å². The van der Waals surface area contributed by atoms with Gasteiger partial charge >= 0.3 is 0 Å². The van der Waals surface area contributed by atoms with Crippen LogP contribution in [0.5, 0.6) is 0 Å². The van der Waals surface area contributed by atoms with E-state index < -0.39 is 0 Å². The van der Waals surface area contributed by atoms with E-state index in [0.717, 1.165) is 22.8 Å². The number of nitrogens with one attached hydrogen (secondary N) is 1. The van der Waals surface area contributed by atoms with Gasteiger partial charge in [-0.15, -0.1) is 0 Å². The highest BCUT2D eigenvalue weighted by molar-refractivity contribution is 7.79. The zero-order chi connectivity index (χ0) is 9.97. The molecule has 0 aliphatic carbocycles. The second-order valence-electron chi connectivity index (χ2n) is 3.06. The van der Waals surface area contributed by atoms with Gasteiger partial charge < -0.3 is 4.98 Å². The molecular formula is C10H11N3S. The van der Waals surface area contributed by atoms with Crippen molar-refractivity contribution in [1.29, 1.82) is 0 Å². The molecule has 1 N–H and O–H groups in total. The molecule has 72 valence electrons. The molecule has 0 saturated heterocycles. The van der Waals surface area contributed by atoms with Crippen LogP contribution in [0.15, 0.2) is 24.5 Å². The maximum absolute atomic E-state index is 4.43. The van der Waals surface area contributed by atoms with Crippen molar-refractivity contribution in [2.45, 2.75) is 12.7 Å². The highest BCUT2D eigenvalue weighted by Gasteiger charge is 2.07. The van der Waals surface area contributed by atoms with E-state index in [9.17, 15) is 0 Å². The van der Waals surface area contributed by atoms with E-state index in [2.05, 4.69) is 27.6 Å². The van der Waals surface area contributed by atoms with Crippen molar-refractivity contribution in [1.82, 2.24) is 15.0 Å². The Morgan fingerprint density at radius 3 is 2.93 bits per heavy atom. The standard InChI is InChI=1S/C10H11N3S/c1-7-10(13-9(6-14)12-7)8-3-2-4-11-5-8/h2-5,14H,6H2,1H3,(H,12,13). The topological polar surface area (TPSA) is 41.6 Å². The van der Waals surface area contributed by atoms with E-state index in [1.54, 1.807) is 6.20 Å². The van der Waals surface area contributed by atoms with Gasteiger partial charge in [0.15, 0.2) is 0 Å². The summed E-state index contributed by atoms with van der Waals surface area (Å²) in [6.45, 7) is 2.00. The number of rotatable bonds is 2. The first-order chi connectivity index (χ1) is 6.81. The summed E-state index contributed by atoms with van der Waals surface area (Å²) in [5, 5.41) is 0. The Morgan fingerprint density at radius 2 is 2.36 bits per heavy atom. The minimum atomic E-state index is 0.626. The molecule has 0 aliphatic rings. The van der Waals surface area contributed by atoms with Gasteiger partial charge in [0.2, 0.25) is 0 Å². The van der Waals surface area contributed by atoms with Gasteiger partial charge in [0.25, 0.3) is 0 Å². The largest absolute Gasteiger partial charge is 0.345 e. The van der Waals surface area contributed by atoms with Crippen LogP contribution in [0, 0.1) is 6.92 Å². The van der Waals surface area contributed by atoms with Gasteiger partial charge in [-0.25, -0.2) is 4.98 Å². The number of pyridine rings is 1. The van der Waals surface area contributed by atoms with Crippen LogP contribution in [0.4, 0.5) is 0 Å². The second-order valence-corrected chi connectivity index (χ2v) is 3.37. The number of thiol groups is 1. The van der Waals surface area contributed by atoms with Crippen molar-refractivity contribution in [3.63, 3.8) is 0 Å². The molecule has 0 atom stereocenters. The molecule has 2 heterocycles. The van der Waals surface area contributed by atoms with E-state index in [1.165, 1.54) is 0 Å². The van der Waals surface area contributed by atoms with Crippen LogP contribution < -0.4 is 0 Å². The first kappa shape index (κ1) is 9.27. The maximum Gasteiger partial charge on any atom is 0.116 e. The van der Waals surface area contributed by atoms with Crippen molar-refractivity contribution >= 4 is 12.6 Å². The van der Waals surface area contributed by atoms with Gasteiger partial charge in [0.05, 0.1) is 5.69 Å². The number of nitrogens with zero attached hydrogens (tertiary/aromatic N) is 2. The number of hydrogen-bond acceptors (Lipinski definition) is 3. The summed E-state index contributed by atoms with van der Waals surface area (Å²) in [5.41, 5.74) is 3.05. The smallest absolute Gasteiger partial charge is 0.116 e. The summed E-state index contributed by atoms with van der Waals surface area (Å²) in [7, 11) is 0. The number of aromatic amines is 1. The number of hydrogen-bond donors (Lipinski definition) is 2. The first-order valence-electron chi connectivity index (χ1n) is 4.38. The number of aryl methyl sites for hydroxylation is 1. The van der Waals surface area contributed by atoms with Gasteiger partial charge in [-0.1, -0.05) is 0 Å². The first-order valence-corrected chi connectivity index (χ1v) is 5.01. The van der Waals surface area contributed by atoms with E-state index in [0.29, 0.717) is 5.75 Å². The van der Waals surface area contributed by atoms with Crippen molar-refractivity contribution in [2.24, 2.45) is 0 Å².